The maximum Gasteiger partial charge on any atom is 0.274 e. The number of nitrogens with zero attached hydrogens (tertiary/aromatic N) is 3. The minimum Gasteiger partial charge on any atom is -0.493 e. The molecule has 240 valence electrons. The van der Waals surface area contributed by atoms with E-state index in [4.69, 9.17) is 9.47 Å². The van der Waals surface area contributed by atoms with Gasteiger partial charge in [0.1, 0.15) is 6.04 Å². The van der Waals surface area contributed by atoms with Gasteiger partial charge >= 0.3 is 0 Å². The molecule has 1 aromatic heterocycles. The molecule has 3 heterocycles. The minimum atomic E-state index is -0.774. The maximum atomic E-state index is 15.0. The van der Waals surface area contributed by atoms with Crippen molar-refractivity contribution in [2.24, 2.45) is 7.05 Å². The summed E-state index contributed by atoms with van der Waals surface area (Å²) in [5.74, 6) is -1.69. The molecule has 13 heteroatoms. The van der Waals surface area contributed by atoms with Crippen molar-refractivity contribution in [2.75, 3.05) is 26.7 Å². The fraction of sp³-hybridized carbons (Fsp3) is 0.406. The maximum absolute atomic E-state index is 15.0. The summed E-state index contributed by atoms with van der Waals surface area (Å²) in [6.07, 6.45) is 1.24. The lowest BCUT2D eigenvalue weighted by Crippen LogP contribution is -2.46. The van der Waals surface area contributed by atoms with E-state index in [1.54, 1.807) is 47.8 Å². The number of rotatable bonds is 3. The van der Waals surface area contributed by atoms with E-state index in [1.165, 1.54) is 25.3 Å². The Kier molecular flexibility index (Phi) is 11.1. The van der Waals surface area contributed by atoms with E-state index in [0.29, 0.717) is 42.8 Å². The lowest BCUT2D eigenvalue weighted by atomic mass is 10.1. The van der Waals surface area contributed by atoms with Crippen LogP contribution in [0.25, 0.3) is 0 Å². The summed E-state index contributed by atoms with van der Waals surface area (Å²) in [5, 5.41) is 12.6. The largest absolute Gasteiger partial charge is 0.493 e. The molecule has 0 spiro atoms. The first kappa shape index (κ1) is 33.0. The Morgan fingerprint density at radius 3 is 2.53 bits per heavy atom. The van der Waals surface area contributed by atoms with Gasteiger partial charge < -0.3 is 30.3 Å². The summed E-state index contributed by atoms with van der Waals surface area (Å²) in [4.78, 5) is 53.5. The average Bonchev–Trinajstić information content (AvgIpc) is 3.37. The van der Waals surface area contributed by atoms with Gasteiger partial charge in [-0.3, -0.25) is 23.9 Å². The van der Waals surface area contributed by atoms with Crippen molar-refractivity contribution in [2.45, 2.75) is 52.1 Å². The highest BCUT2D eigenvalue weighted by atomic mass is 19.1. The molecule has 2 aliphatic heterocycles. The van der Waals surface area contributed by atoms with E-state index in [9.17, 15) is 19.2 Å². The zero-order chi connectivity index (χ0) is 32.5. The first-order valence-corrected chi connectivity index (χ1v) is 14.9. The summed E-state index contributed by atoms with van der Waals surface area (Å²) in [6.45, 7) is 4.50. The van der Waals surface area contributed by atoms with Crippen LogP contribution in [0.4, 0.5) is 4.39 Å². The van der Waals surface area contributed by atoms with Gasteiger partial charge in [0.2, 0.25) is 11.8 Å². The fourth-order valence-corrected chi connectivity index (χ4v) is 4.83. The number of nitrogens with one attached hydrogen (secondary N) is 3. The van der Waals surface area contributed by atoms with Crippen molar-refractivity contribution in [1.29, 1.82) is 0 Å². The highest BCUT2D eigenvalue weighted by Gasteiger charge is 2.22. The monoisotopic (exact) mass is 622 g/mol. The molecular weight excluding hydrogens is 583 g/mol. The van der Waals surface area contributed by atoms with Gasteiger partial charge in [0.15, 0.2) is 28.8 Å². The van der Waals surface area contributed by atoms with E-state index in [0.717, 1.165) is 5.69 Å². The molecular formula is C32H39FN6O6. The first-order valence-electron chi connectivity index (χ1n) is 14.9. The molecule has 0 saturated heterocycles. The lowest BCUT2D eigenvalue weighted by Gasteiger charge is -2.22. The van der Waals surface area contributed by atoms with Crippen LogP contribution in [0.1, 0.15) is 64.7 Å². The molecule has 2 aliphatic rings. The molecule has 3 N–H and O–H groups in total. The van der Waals surface area contributed by atoms with Gasteiger partial charge in [-0.25, -0.2) is 4.39 Å². The van der Waals surface area contributed by atoms with Crippen LogP contribution in [0.5, 0.6) is 17.2 Å². The fourth-order valence-electron chi connectivity index (χ4n) is 4.83. The zero-order valence-corrected chi connectivity index (χ0v) is 25.9. The molecule has 45 heavy (non-hydrogen) atoms. The number of aromatic nitrogens is 2. The van der Waals surface area contributed by atoms with Crippen LogP contribution in [0.15, 0.2) is 42.5 Å². The van der Waals surface area contributed by atoms with Crippen molar-refractivity contribution < 1.29 is 33.0 Å². The second-order valence-corrected chi connectivity index (χ2v) is 10.8. The quantitative estimate of drug-likeness (QED) is 0.407. The summed E-state index contributed by atoms with van der Waals surface area (Å²) >= 11 is 0. The standard InChI is InChI=1S/C32H39FN6O6/c1-5-24-31(42)35-19-21-9-11-26(23(33)17-21)45-28-18-22(10-12-27(28)44-4)30(41)34-13-7-15-39(14-6-8-29(40)36-24)32(43)25-16-20(2)38(3)37-25/h9-12,16-18,24H,5-8,13-15,19H2,1-4H3,(H,34,41)(H,35,42)(H,36,40)/t24-/m0/s1. The molecule has 4 bridgehead atoms. The van der Waals surface area contributed by atoms with Crippen molar-refractivity contribution in [3.05, 3.63) is 70.8 Å². The zero-order valence-electron chi connectivity index (χ0n) is 25.9. The number of methoxy groups -OCH3 is 1. The lowest BCUT2D eigenvalue weighted by molar-refractivity contribution is -0.129. The highest BCUT2D eigenvalue weighted by Crippen LogP contribution is 2.34. The Hall–Kier alpha value is -4.94. The number of hydrogen-bond donors (Lipinski definition) is 3. The summed E-state index contributed by atoms with van der Waals surface area (Å²) in [6, 6.07) is 9.80. The molecule has 1 atom stereocenters. The third kappa shape index (κ3) is 8.58. The summed E-state index contributed by atoms with van der Waals surface area (Å²) in [5.41, 5.74) is 1.88. The number of benzene rings is 2. The van der Waals surface area contributed by atoms with Crippen LogP contribution in [0, 0.1) is 12.7 Å². The summed E-state index contributed by atoms with van der Waals surface area (Å²) < 4.78 is 27.8. The van der Waals surface area contributed by atoms with Gasteiger partial charge in [-0.1, -0.05) is 13.0 Å². The Morgan fingerprint density at radius 2 is 1.84 bits per heavy atom. The van der Waals surface area contributed by atoms with Gasteiger partial charge in [-0.2, -0.15) is 5.10 Å². The average molecular weight is 623 g/mol. The predicted octanol–water partition coefficient (Wildman–Crippen LogP) is 3.24. The molecule has 2 aromatic carbocycles. The second-order valence-electron chi connectivity index (χ2n) is 10.8. The normalized spacial score (nSPS) is 17.1. The molecule has 0 radical (unpaired) electrons. The number of carbonyl (C=O) groups is 4. The SMILES string of the molecule is CC[C@@H]1NC(=O)CCCN(C(=O)c2cc(C)n(C)n2)CCCNC(=O)c2ccc(OC)c(c2)Oc2ccc(cc2F)CNC1=O. The molecule has 0 saturated carbocycles. The Bertz CT molecular complexity index is 1540. The topological polar surface area (TPSA) is 144 Å². The van der Waals surface area contributed by atoms with E-state index in [-0.39, 0.29) is 60.8 Å². The number of halogens is 1. The van der Waals surface area contributed by atoms with Gasteiger partial charge in [0.05, 0.1) is 7.11 Å². The second kappa shape index (κ2) is 15.2. The Balaban J connectivity index is 1.57. The van der Waals surface area contributed by atoms with E-state index >= 15 is 4.39 Å². The minimum absolute atomic E-state index is 0.0332. The first-order chi connectivity index (χ1) is 21.6. The van der Waals surface area contributed by atoms with E-state index in [2.05, 4.69) is 21.0 Å². The van der Waals surface area contributed by atoms with Crippen LogP contribution in [0.3, 0.4) is 0 Å². The number of carbonyl (C=O) groups excluding carboxylic acids is 4. The van der Waals surface area contributed by atoms with Crippen LogP contribution < -0.4 is 25.4 Å². The molecule has 0 aliphatic carbocycles. The van der Waals surface area contributed by atoms with Crippen molar-refractivity contribution in [3.63, 3.8) is 0 Å². The van der Waals surface area contributed by atoms with Crippen LogP contribution in [0.2, 0.25) is 0 Å². The third-order valence-corrected chi connectivity index (χ3v) is 7.51. The Morgan fingerprint density at radius 1 is 1.07 bits per heavy atom. The Labute approximate surface area is 261 Å². The van der Waals surface area contributed by atoms with E-state index in [1.807, 2.05) is 6.92 Å². The van der Waals surface area contributed by atoms with Crippen molar-refractivity contribution in [1.82, 2.24) is 30.6 Å². The van der Waals surface area contributed by atoms with E-state index < -0.39 is 17.8 Å². The van der Waals surface area contributed by atoms with Gasteiger partial charge in [0, 0.05) is 50.9 Å². The van der Waals surface area contributed by atoms with Crippen LogP contribution in [-0.4, -0.2) is 71.1 Å². The molecule has 4 amide bonds. The van der Waals surface area contributed by atoms with Crippen LogP contribution in [-0.2, 0) is 23.2 Å². The predicted molar refractivity (Wildman–Crippen MR) is 164 cm³/mol. The number of ether oxygens (including phenoxy) is 2. The summed E-state index contributed by atoms with van der Waals surface area (Å²) in [7, 11) is 3.19. The van der Waals surface area contributed by atoms with Gasteiger partial charge in [0.25, 0.3) is 11.8 Å². The molecule has 12 nitrogen and oxygen atoms in total. The van der Waals surface area contributed by atoms with Gasteiger partial charge in [-0.05, 0) is 68.1 Å². The highest BCUT2D eigenvalue weighted by molar-refractivity contribution is 5.95. The van der Waals surface area contributed by atoms with Crippen molar-refractivity contribution in [3.8, 4) is 17.2 Å². The smallest absolute Gasteiger partial charge is 0.274 e. The molecule has 5 rings (SSSR count). The van der Waals surface area contributed by atoms with Crippen LogP contribution >= 0.6 is 0 Å². The number of amides is 4. The van der Waals surface area contributed by atoms with Gasteiger partial charge in [-0.15, -0.1) is 0 Å². The third-order valence-electron chi connectivity index (χ3n) is 7.51. The molecule has 0 fully saturated rings. The molecule has 0 unspecified atom stereocenters. The number of fused-ring (bicyclic) bond motifs is 16. The molecule has 3 aromatic rings. The number of aryl methyl sites for hydroxylation is 2. The van der Waals surface area contributed by atoms with Crippen molar-refractivity contribution >= 4 is 23.6 Å². The number of hydrogen-bond acceptors (Lipinski definition) is 7.